The van der Waals surface area contributed by atoms with Gasteiger partial charge in [0.05, 0.1) is 5.25 Å². The molecule has 1 saturated heterocycles. The van der Waals surface area contributed by atoms with Crippen LogP contribution in [0.5, 0.6) is 0 Å². The molecule has 1 aliphatic heterocycles. The van der Waals surface area contributed by atoms with Gasteiger partial charge >= 0.3 is 0 Å². The molecule has 8 heavy (non-hydrogen) atoms. The van der Waals surface area contributed by atoms with E-state index in [1.807, 2.05) is 11.8 Å². The van der Waals surface area contributed by atoms with Gasteiger partial charge in [0.2, 0.25) is 0 Å². The van der Waals surface area contributed by atoms with Crippen molar-refractivity contribution in [1.82, 2.24) is 0 Å². The van der Waals surface area contributed by atoms with E-state index < -0.39 is 0 Å². The smallest absolute Gasteiger partial charge is 0.0546 e. The number of fused-ring (bicyclic) bond motifs is 1. The van der Waals surface area contributed by atoms with E-state index in [-0.39, 0.29) is 0 Å². The molecule has 0 aromatic carbocycles. The summed E-state index contributed by atoms with van der Waals surface area (Å²) >= 11 is 1.98. The largest absolute Gasteiger partial charge is 0.308 e. The highest BCUT2D eigenvalue weighted by atomic mass is 32.2. The predicted octanol–water partition coefficient (Wildman–Crippen LogP) is 1.67. The minimum absolute atomic E-state index is 0.670. The van der Waals surface area contributed by atoms with Gasteiger partial charge in [0, 0.05) is 11.0 Å². The van der Waals surface area contributed by atoms with E-state index in [2.05, 4.69) is 0 Å². The fourth-order valence-corrected chi connectivity index (χ4v) is 2.48. The van der Waals surface area contributed by atoms with Gasteiger partial charge in [0.15, 0.2) is 0 Å². The molecule has 2 atom stereocenters. The molecule has 2 fully saturated rings. The average Bonchev–Trinajstić information content (AvgIpc) is 2.45. The van der Waals surface area contributed by atoms with Crippen LogP contribution in [0.4, 0.5) is 0 Å². The lowest BCUT2D eigenvalue weighted by atomic mass is 9.99. The van der Waals surface area contributed by atoms with Crippen LogP contribution >= 0.6 is 11.8 Å². The third kappa shape index (κ3) is 0.591. The molecule has 2 unspecified atom stereocenters. The van der Waals surface area contributed by atoms with Crippen LogP contribution < -0.4 is 0 Å². The van der Waals surface area contributed by atoms with Gasteiger partial charge in [0.25, 0.3) is 0 Å². The molecule has 2 heteroatoms. The first-order valence-corrected chi connectivity index (χ1v) is 4.05. The van der Waals surface area contributed by atoms with Crippen molar-refractivity contribution in [3.8, 4) is 0 Å². The Kier molecular flexibility index (Phi) is 0.911. The summed E-state index contributed by atoms with van der Waals surface area (Å²) in [6.07, 6.45) is 3.72. The zero-order chi connectivity index (χ0) is 5.56. The van der Waals surface area contributed by atoms with Gasteiger partial charge in [0.1, 0.15) is 0 Å². The third-order valence-electron chi connectivity index (χ3n) is 1.86. The number of thioether (sulfide) groups is 1. The highest BCUT2D eigenvalue weighted by Gasteiger charge is 2.43. The molecular weight excluding hydrogens is 118 g/mol. The first-order valence-electron chi connectivity index (χ1n) is 3.11. The van der Waals surface area contributed by atoms with E-state index in [9.17, 15) is 0 Å². The maximum atomic E-state index is 7.42. The van der Waals surface area contributed by atoms with Crippen molar-refractivity contribution in [1.29, 1.82) is 5.41 Å². The molecule has 1 saturated carbocycles. The van der Waals surface area contributed by atoms with Crippen molar-refractivity contribution in [2.75, 3.05) is 0 Å². The normalized spacial score (nSPS) is 43.8. The molecule has 0 radical (unpaired) electrons. The number of hydrogen-bond donors (Lipinski definition) is 1. The Morgan fingerprint density at radius 1 is 1.62 bits per heavy atom. The molecule has 0 aromatic heterocycles. The zero-order valence-corrected chi connectivity index (χ0v) is 5.50. The van der Waals surface area contributed by atoms with Crippen LogP contribution in [-0.2, 0) is 0 Å². The molecule has 1 aliphatic carbocycles. The summed E-state index contributed by atoms with van der Waals surface area (Å²) in [4.78, 5) is 0. The van der Waals surface area contributed by atoms with Crippen LogP contribution in [0.25, 0.3) is 0 Å². The summed E-state index contributed by atoms with van der Waals surface area (Å²) in [6.45, 7) is 0. The molecule has 0 amide bonds. The summed E-state index contributed by atoms with van der Waals surface area (Å²) in [6, 6.07) is 0. The number of hydrogen-bond acceptors (Lipinski definition) is 2. The van der Waals surface area contributed by atoms with Crippen LogP contribution in [0.2, 0.25) is 0 Å². The number of nitrogens with one attached hydrogen (secondary N) is 1. The second-order valence-corrected chi connectivity index (χ2v) is 3.90. The maximum Gasteiger partial charge on any atom is 0.0546 e. The zero-order valence-electron chi connectivity index (χ0n) is 4.68. The molecule has 1 heterocycles. The van der Waals surface area contributed by atoms with Gasteiger partial charge in [-0.25, -0.2) is 0 Å². The first kappa shape index (κ1) is 4.86. The van der Waals surface area contributed by atoms with Gasteiger partial charge in [-0.3, -0.25) is 0 Å². The maximum absolute atomic E-state index is 7.42. The SMILES string of the molecule is N=C1CCCC2SC12. The fraction of sp³-hybridized carbons (Fsp3) is 0.833. The van der Waals surface area contributed by atoms with Crippen molar-refractivity contribution >= 4 is 17.5 Å². The molecule has 0 bridgehead atoms. The monoisotopic (exact) mass is 127 g/mol. The molecule has 44 valence electrons. The van der Waals surface area contributed by atoms with Crippen LogP contribution in [-0.4, -0.2) is 16.2 Å². The van der Waals surface area contributed by atoms with Crippen molar-refractivity contribution in [2.24, 2.45) is 0 Å². The van der Waals surface area contributed by atoms with Crippen LogP contribution in [0.1, 0.15) is 19.3 Å². The molecular formula is C6H9NS. The Bertz CT molecular complexity index is 132. The minimum atomic E-state index is 0.670. The van der Waals surface area contributed by atoms with Crippen molar-refractivity contribution in [3.05, 3.63) is 0 Å². The van der Waals surface area contributed by atoms with Gasteiger partial charge in [-0.05, 0) is 19.3 Å². The summed E-state index contributed by atoms with van der Waals surface area (Å²) in [5, 5.41) is 8.96. The average molecular weight is 127 g/mol. The standard InChI is InChI=1S/C6H9NS/c7-4-2-1-3-5-6(4)8-5/h5-7H,1-3H2. The van der Waals surface area contributed by atoms with Gasteiger partial charge in [-0.15, -0.1) is 11.8 Å². The molecule has 1 nitrogen and oxygen atoms in total. The third-order valence-corrected chi connectivity index (χ3v) is 3.31. The second kappa shape index (κ2) is 1.50. The van der Waals surface area contributed by atoms with Crippen LogP contribution in [0.3, 0.4) is 0 Å². The molecule has 0 aromatic rings. The van der Waals surface area contributed by atoms with E-state index in [0.717, 1.165) is 17.4 Å². The van der Waals surface area contributed by atoms with Gasteiger partial charge in [-0.2, -0.15) is 0 Å². The van der Waals surface area contributed by atoms with E-state index in [0.29, 0.717) is 5.25 Å². The van der Waals surface area contributed by atoms with Crippen LogP contribution in [0.15, 0.2) is 0 Å². The van der Waals surface area contributed by atoms with Crippen molar-refractivity contribution < 1.29 is 0 Å². The summed E-state index contributed by atoms with van der Waals surface area (Å²) in [7, 11) is 0. The Morgan fingerprint density at radius 2 is 2.50 bits per heavy atom. The summed E-state index contributed by atoms with van der Waals surface area (Å²) in [5.74, 6) is 0. The quantitative estimate of drug-likeness (QED) is 0.492. The Labute approximate surface area is 53.4 Å². The molecule has 2 rings (SSSR count). The van der Waals surface area contributed by atoms with E-state index in [1.165, 1.54) is 12.8 Å². The van der Waals surface area contributed by atoms with E-state index >= 15 is 0 Å². The number of rotatable bonds is 0. The lowest BCUT2D eigenvalue weighted by Crippen LogP contribution is -2.13. The summed E-state index contributed by atoms with van der Waals surface area (Å²) in [5.41, 5.74) is 1.01. The Balaban J connectivity index is 2.08. The highest BCUT2D eigenvalue weighted by molar-refractivity contribution is 8.08. The predicted molar refractivity (Wildman–Crippen MR) is 36.7 cm³/mol. The lowest BCUT2D eigenvalue weighted by Gasteiger charge is -2.05. The minimum Gasteiger partial charge on any atom is -0.308 e. The van der Waals surface area contributed by atoms with Gasteiger partial charge < -0.3 is 5.41 Å². The molecule has 2 aliphatic rings. The van der Waals surface area contributed by atoms with Crippen LogP contribution in [0, 0.1) is 5.41 Å². The van der Waals surface area contributed by atoms with E-state index in [1.54, 1.807) is 0 Å². The van der Waals surface area contributed by atoms with Crippen molar-refractivity contribution in [2.45, 2.75) is 29.8 Å². The fourth-order valence-electron chi connectivity index (χ4n) is 1.30. The lowest BCUT2D eigenvalue weighted by molar-refractivity contribution is 0.729. The molecule has 1 N–H and O–H groups in total. The topological polar surface area (TPSA) is 23.9 Å². The van der Waals surface area contributed by atoms with Gasteiger partial charge in [-0.1, -0.05) is 0 Å². The van der Waals surface area contributed by atoms with Crippen molar-refractivity contribution in [3.63, 3.8) is 0 Å². The molecule has 0 spiro atoms. The Hall–Kier alpha value is 0.0200. The van der Waals surface area contributed by atoms with E-state index in [4.69, 9.17) is 5.41 Å². The Morgan fingerprint density at radius 3 is 3.12 bits per heavy atom. The second-order valence-electron chi connectivity index (χ2n) is 2.51. The first-order chi connectivity index (χ1) is 3.88. The highest BCUT2D eigenvalue weighted by Crippen LogP contribution is 2.48. The summed E-state index contributed by atoms with van der Waals surface area (Å²) < 4.78 is 0.